The van der Waals surface area contributed by atoms with E-state index >= 15 is 0 Å². The second-order valence-corrected chi connectivity index (χ2v) is 4.52. The molecule has 19 heavy (non-hydrogen) atoms. The molecular formula is C13H16N6. The summed E-state index contributed by atoms with van der Waals surface area (Å²) in [6.07, 6.45) is 2.80. The van der Waals surface area contributed by atoms with E-state index in [0.717, 1.165) is 41.3 Å². The van der Waals surface area contributed by atoms with Crippen molar-refractivity contribution in [3.8, 4) is 0 Å². The standard InChI is InChI=1S/C13H16N6/c1-19-7-5-10(18-19)4-6-15-13-16-11-3-2-9(14)8-12(11)17-13/h2-3,5,7-8H,4,6,14H2,1H3,(H2,15,16,17). The number of imidazole rings is 1. The van der Waals surface area contributed by atoms with Crippen LogP contribution in [0.4, 0.5) is 11.6 Å². The van der Waals surface area contributed by atoms with Crippen molar-refractivity contribution < 1.29 is 0 Å². The minimum Gasteiger partial charge on any atom is -0.399 e. The summed E-state index contributed by atoms with van der Waals surface area (Å²) in [6.45, 7) is 0.784. The van der Waals surface area contributed by atoms with Gasteiger partial charge in [0.15, 0.2) is 0 Å². The second-order valence-electron chi connectivity index (χ2n) is 4.52. The molecule has 3 aromatic rings. The Balaban J connectivity index is 1.65. The second kappa shape index (κ2) is 4.64. The van der Waals surface area contributed by atoms with Gasteiger partial charge in [-0.15, -0.1) is 0 Å². The summed E-state index contributed by atoms with van der Waals surface area (Å²) < 4.78 is 1.80. The van der Waals surface area contributed by atoms with E-state index in [9.17, 15) is 0 Å². The highest BCUT2D eigenvalue weighted by Crippen LogP contribution is 2.16. The number of aryl methyl sites for hydroxylation is 1. The van der Waals surface area contributed by atoms with Crippen LogP contribution in [0, 0.1) is 0 Å². The first-order chi connectivity index (χ1) is 9.20. The quantitative estimate of drug-likeness (QED) is 0.618. The zero-order valence-corrected chi connectivity index (χ0v) is 10.7. The Morgan fingerprint density at radius 3 is 3.05 bits per heavy atom. The van der Waals surface area contributed by atoms with Gasteiger partial charge in [-0.2, -0.15) is 5.10 Å². The Morgan fingerprint density at radius 1 is 1.37 bits per heavy atom. The fraction of sp³-hybridized carbons (Fsp3) is 0.231. The van der Waals surface area contributed by atoms with Crippen LogP contribution in [0.2, 0.25) is 0 Å². The molecule has 0 saturated carbocycles. The number of nitrogens with zero attached hydrogens (tertiary/aromatic N) is 3. The van der Waals surface area contributed by atoms with Crippen molar-refractivity contribution in [3.05, 3.63) is 36.2 Å². The topological polar surface area (TPSA) is 84.5 Å². The van der Waals surface area contributed by atoms with E-state index in [-0.39, 0.29) is 0 Å². The fourth-order valence-corrected chi connectivity index (χ4v) is 2.02. The summed E-state index contributed by atoms with van der Waals surface area (Å²) in [5.41, 5.74) is 9.39. The first-order valence-electron chi connectivity index (χ1n) is 6.18. The van der Waals surface area contributed by atoms with Crippen molar-refractivity contribution in [2.24, 2.45) is 7.05 Å². The normalized spacial score (nSPS) is 11.0. The minimum absolute atomic E-state index is 0.733. The van der Waals surface area contributed by atoms with E-state index in [4.69, 9.17) is 5.73 Å². The van der Waals surface area contributed by atoms with Gasteiger partial charge < -0.3 is 16.0 Å². The highest BCUT2D eigenvalue weighted by atomic mass is 15.2. The number of hydrogen-bond donors (Lipinski definition) is 3. The molecule has 0 spiro atoms. The number of fused-ring (bicyclic) bond motifs is 1. The van der Waals surface area contributed by atoms with Crippen molar-refractivity contribution in [2.45, 2.75) is 6.42 Å². The molecule has 98 valence electrons. The van der Waals surface area contributed by atoms with E-state index in [0.29, 0.717) is 0 Å². The van der Waals surface area contributed by atoms with E-state index in [1.165, 1.54) is 0 Å². The minimum atomic E-state index is 0.733. The number of nitrogen functional groups attached to an aromatic ring is 1. The Morgan fingerprint density at radius 2 is 2.26 bits per heavy atom. The maximum Gasteiger partial charge on any atom is 0.201 e. The predicted octanol–water partition coefficient (Wildman–Crippen LogP) is 1.53. The molecule has 3 rings (SSSR count). The zero-order chi connectivity index (χ0) is 13.2. The highest BCUT2D eigenvalue weighted by Gasteiger charge is 2.03. The van der Waals surface area contributed by atoms with Crippen molar-refractivity contribution in [1.82, 2.24) is 19.7 Å². The van der Waals surface area contributed by atoms with E-state index in [1.54, 1.807) is 4.68 Å². The van der Waals surface area contributed by atoms with Crippen molar-refractivity contribution in [2.75, 3.05) is 17.6 Å². The molecule has 6 heteroatoms. The molecule has 0 radical (unpaired) electrons. The molecule has 4 N–H and O–H groups in total. The molecule has 0 aliphatic rings. The third-order valence-corrected chi connectivity index (χ3v) is 2.95. The molecule has 0 unspecified atom stereocenters. The predicted molar refractivity (Wildman–Crippen MR) is 75.9 cm³/mol. The molecule has 0 atom stereocenters. The van der Waals surface area contributed by atoms with Gasteiger partial charge in [0.2, 0.25) is 5.95 Å². The number of aromatic nitrogens is 4. The molecule has 0 saturated heterocycles. The van der Waals surface area contributed by atoms with Crippen LogP contribution in [0.25, 0.3) is 11.0 Å². The first kappa shape index (κ1) is 11.6. The van der Waals surface area contributed by atoms with E-state index in [1.807, 2.05) is 37.5 Å². The Kier molecular flexibility index (Phi) is 2.83. The summed E-state index contributed by atoms with van der Waals surface area (Å²) in [4.78, 5) is 7.64. The number of anilines is 2. The summed E-state index contributed by atoms with van der Waals surface area (Å²) in [7, 11) is 1.92. The monoisotopic (exact) mass is 256 g/mol. The van der Waals surface area contributed by atoms with Crippen LogP contribution >= 0.6 is 0 Å². The molecule has 0 aliphatic heterocycles. The Bertz CT molecular complexity index is 696. The van der Waals surface area contributed by atoms with Gasteiger partial charge in [-0.05, 0) is 24.3 Å². The SMILES string of the molecule is Cn1ccc(CCNc2nc3ccc(N)cc3[nH]2)n1. The van der Waals surface area contributed by atoms with Crippen LogP contribution < -0.4 is 11.1 Å². The number of benzene rings is 1. The molecule has 2 aromatic heterocycles. The van der Waals surface area contributed by atoms with Gasteiger partial charge in [0, 0.05) is 31.9 Å². The summed E-state index contributed by atoms with van der Waals surface area (Å²) in [6, 6.07) is 7.65. The summed E-state index contributed by atoms with van der Waals surface area (Å²) in [5, 5.41) is 7.58. The number of nitrogens with two attached hydrogens (primary N) is 1. The number of aromatic amines is 1. The van der Waals surface area contributed by atoms with Gasteiger partial charge >= 0.3 is 0 Å². The van der Waals surface area contributed by atoms with Crippen LogP contribution in [0.15, 0.2) is 30.5 Å². The average molecular weight is 256 g/mol. The third-order valence-electron chi connectivity index (χ3n) is 2.95. The van der Waals surface area contributed by atoms with Gasteiger partial charge in [-0.1, -0.05) is 0 Å². The molecule has 0 amide bonds. The number of rotatable bonds is 4. The third kappa shape index (κ3) is 2.52. The van der Waals surface area contributed by atoms with Crippen molar-refractivity contribution in [1.29, 1.82) is 0 Å². The summed E-state index contributed by atoms with van der Waals surface area (Å²) in [5.74, 6) is 0.761. The molecule has 1 aromatic carbocycles. The average Bonchev–Trinajstić information content (AvgIpc) is 2.95. The van der Waals surface area contributed by atoms with Crippen molar-refractivity contribution in [3.63, 3.8) is 0 Å². The molecule has 6 nitrogen and oxygen atoms in total. The first-order valence-corrected chi connectivity index (χ1v) is 6.18. The lowest BCUT2D eigenvalue weighted by atomic mass is 10.3. The van der Waals surface area contributed by atoms with Gasteiger partial charge in [-0.25, -0.2) is 4.98 Å². The molecule has 0 bridgehead atoms. The lowest BCUT2D eigenvalue weighted by Crippen LogP contribution is -2.06. The van der Waals surface area contributed by atoms with Crippen LogP contribution in [-0.2, 0) is 13.5 Å². The maximum absolute atomic E-state index is 5.73. The lowest BCUT2D eigenvalue weighted by molar-refractivity contribution is 0.741. The van der Waals surface area contributed by atoms with Gasteiger partial charge in [-0.3, -0.25) is 4.68 Å². The van der Waals surface area contributed by atoms with Gasteiger partial charge in [0.25, 0.3) is 0 Å². The molecule has 0 aliphatic carbocycles. The smallest absolute Gasteiger partial charge is 0.201 e. The van der Waals surface area contributed by atoms with Crippen LogP contribution in [0.1, 0.15) is 5.69 Å². The number of H-pyrrole nitrogens is 1. The fourth-order valence-electron chi connectivity index (χ4n) is 2.02. The van der Waals surface area contributed by atoms with E-state index < -0.39 is 0 Å². The number of hydrogen-bond acceptors (Lipinski definition) is 4. The molecule has 2 heterocycles. The largest absolute Gasteiger partial charge is 0.399 e. The lowest BCUT2D eigenvalue weighted by Gasteiger charge is -1.99. The Hall–Kier alpha value is -2.50. The maximum atomic E-state index is 5.73. The molecule has 0 fully saturated rings. The Labute approximate surface area is 110 Å². The van der Waals surface area contributed by atoms with E-state index in [2.05, 4.69) is 20.4 Å². The van der Waals surface area contributed by atoms with Gasteiger partial charge in [0.05, 0.1) is 16.7 Å². The zero-order valence-electron chi connectivity index (χ0n) is 10.7. The van der Waals surface area contributed by atoms with Gasteiger partial charge in [0.1, 0.15) is 0 Å². The molecular weight excluding hydrogens is 240 g/mol. The van der Waals surface area contributed by atoms with Crippen LogP contribution in [-0.4, -0.2) is 26.3 Å². The van der Waals surface area contributed by atoms with Crippen LogP contribution in [0.3, 0.4) is 0 Å². The van der Waals surface area contributed by atoms with Crippen LogP contribution in [0.5, 0.6) is 0 Å². The van der Waals surface area contributed by atoms with Crippen molar-refractivity contribution >= 4 is 22.7 Å². The summed E-state index contributed by atoms with van der Waals surface area (Å²) >= 11 is 0. The highest BCUT2D eigenvalue weighted by molar-refractivity contribution is 5.80. The number of nitrogens with one attached hydrogen (secondary N) is 2.